The van der Waals surface area contributed by atoms with Crippen molar-refractivity contribution in [3.05, 3.63) is 12.2 Å². The zero-order valence-electron chi connectivity index (χ0n) is 6.60. The summed E-state index contributed by atoms with van der Waals surface area (Å²) in [6.07, 6.45) is 1.57. The lowest BCUT2D eigenvalue weighted by molar-refractivity contribution is -0.147. The molecule has 0 bridgehead atoms. The van der Waals surface area contributed by atoms with Gasteiger partial charge in [0.05, 0.1) is 6.10 Å². The summed E-state index contributed by atoms with van der Waals surface area (Å²) in [5, 5.41) is 17.8. The molecule has 0 radical (unpaired) electrons. The molecule has 0 amide bonds. The van der Waals surface area contributed by atoms with Crippen LogP contribution in [0, 0.1) is 0 Å². The topological polar surface area (TPSA) is 78.8 Å². The van der Waals surface area contributed by atoms with Crippen molar-refractivity contribution in [3.8, 4) is 0 Å². The van der Waals surface area contributed by atoms with E-state index in [1.165, 1.54) is 19.1 Å². The second kappa shape index (κ2) is 3.66. The van der Waals surface area contributed by atoms with Crippen molar-refractivity contribution in [1.29, 1.82) is 0 Å². The molecule has 1 aliphatic rings. The van der Waals surface area contributed by atoms with Gasteiger partial charge in [-0.25, -0.2) is 0 Å². The molecule has 0 unspecified atom stereocenters. The quantitative estimate of drug-likeness (QED) is 0.289. The standard InChI is InChI=1S/C7H11NO4/c1-4(9)12-6-3-2-5(10)7(6)8-11/h2-3,5-8,10-11H,1H3/t5-,6-,7+/m0/s1. The fourth-order valence-corrected chi connectivity index (χ4v) is 1.11. The van der Waals surface area contributed by atoms with E-state index in [1.54, 1.807) is 0 Å². The molecule has 0 heterocycles. The van der Waals surface area contributed by atoms with Gasteiger partial charge in [-0.1, -0.05) is 6.08 Å². The van der Waals surface area contributed by atoms with E-state index in [9.17, 15) is 9.90 Å². The first-order valence-corrected chi connectivity index (χ1v) is 3.58. The van der Waals surface area contributed by atoms with Gasteiger partial charge in [0.25, 0.3) is 0 Å². The van der Waals surface area contributed by atoms with Crippen LogP contribution in [-0.4, -0.2) is 34.5 Å². The molecule has 0 fully saturated rings. The Balaban J connectivity index is 2.54. The Kier molecular flexibility index (Phi) is 2.80. The number of esters is 1. The van der Waals surface area contributed by atoms with E-state index in [0.29, 0.717) is 0 Å². The van der Waals surface area contributed by atoms with Gasteiger partial charge in [-0.15, -0.1) is 0 Å². The first-order chi connectivity index (χ1) is 5.65. The Morgan fingerprint density at radius 1 is 1.58 bits per heavy atom. The first kappa shape index (κ1) is 9.18. The Morgan fingerprint density at radius 3 is 2.75 bits per heavy atom. The zero-order chi connectivity index (χ0) is 9.14. The smallest absolute Gasteiger partial charge is 0.303 e. The predicted octanol–water partition coefficient (Wildman–Crippen LogP) is -0.804. The number of ether oxygens (including phenoxy) is 1. The highest BCUT2D eigenvalue weighted by Crippen LogP contribution is 2.14. The average molecular weight is 173 g/mol. The summed E-state index contributed by atoms with van der Waals surface area (Å²) in [7, 11) is 0. The molecule has 1 rings (SSSR count). The second-order valence-corrected chi connectivity index (χ2v) is 2.60. The van der Waals surface area contributed by atoms with Crippen molar-refractivity contribution in [2.45, 2.75) is 25.2 Å². The number of hydrogen-bond acceptors (Lipinski definition) is 5. The Labute approximate surface area is 69.6 Å². The molecule has 3 N–H and O–H groups in total. The van der Waals surface area contributed by atoms with Gasteiger partial charge in [0, 0.05) is 6.92 Å². The third kappa shape index (κ3) is 1.82. The number of rotatable bonds is 2. The summed E-state index contributed by atoms with van der Waals surface area (Å²) in [5.74, 6) is -0.445. The SMILES string of the molecule is CC(=O)O[C@H]1C=C[C@H](O)[C@H]1NO. The summed E-state index contributed by atoms with van der Waals surface area (Å²) >= 11 is 0. The van der Waals surface area contributed by atoms with Crippen molar-refractivity contribution < 1.29 is 19.8 Å². The molecular formula is C7H11NO4. The van der Waals surface area contributed by atoms with E-state index in [1.807, 2.05) is 5.48 Å². The fraction of sp³-hybridized carbons (Fsp3) is 0.571. The maximum atomic E-state index is 10.5. The van der Waals surface area contributed by atoms with Gasteiger partial charge in [0.1, 0.15) is 12.1 Å². The minimum absolute atomic E-state index is 0.445. The third-order valence-electron chi connectivity index (χ3n) is 1.67. The molecule has 0 aromatic heterocycles. The number of hydrogen-bond donors (Lipinski definition) is 3. The van der Waals surface area contributed by atoms with Crippen LogP contribution in [-0.2, 0) is 9.53 Å². The third-order valence-corrected chi connectivity index (χ3v) is 1.67. The molecule has 68 valence electrons. The van der Waals surface area contributed by atoms with Crippen LogP contribution >= 0.6 is 0 Å². The summed E-state index contributed by atoms with van der Waals surface area (Å²) in [5.41, 5.74) is 1.88. The molecule has 5 heteroatoms. The Morgan fingerprint density at radius 2 is 2.25 bits per heavy atom. The molecule has 5 nitrogen and oxygen atoms in total. The number of carbonyl (C=O) groups excluding carboxylic acids is 1. The van der Waals surface area contributed by atoms with E-state index < -0.39 is 24.2 Å². The molecular weight excluding hydrogens is 162 g/mol. The second-order valence-electron chi connectivity index (χ2n) is 2.60. The van der Waals surface area contributed by atoms with Gasteiger partial charge < -0.3 is 15.1 Å². The minimum atomic E-state index is -0.820. The van der Waals surface area contributed by atoms with Gasteiger partial charge >= 0.3 is 5.97 Å². The number of nitrogens with one attached hydrogen (secondary N) is 1. The summed E-state index contributed by atoms with van der Waals surface area (Å²) in [4.78, 5) is 10.5. The van der Waals surface area contributed by atoms with Crippen LogP contribution in [0.5, 0.6) is 0 Å². The lowest BCUT2D eigenvalue weighted by atomic mass is 10.2. The first-order valence-electron chi connectivity index (χ1n) is 3.58. The van der Waals surface area contributed by atoms with Crippen LogP contribution in [0.1, 0.15) is 6.92 Å². The van der Waals surface area contributed by atoms with Gasteiger partial charge in [-0.05, 0) is 6.08 Å². The summed E-state index contributed by atoms with van der Waals surface area (Å²) < 4.78 is 4.78. The molecule has 0 saturated carbocycles. The van der Waals surface area contributed by atoms with Crippen molar-refractivity contribution in [1.82, 2.24) is 5.48 Å². The van der Waals surface area contributed by atoms with Crippen molar-refractivity contribution >= 4 is 5.97 Å². The van der Waals surface area contributed by atoms with Gasteiger partial charge in [0.15, 0.2) is 0 Å². The number of aliphatic hydroxyl groups excluding tert-OH is 1. The fourth-order valence-electron chi connectivity index (χ4n) is 1.11. The van der Waals surface area contributed by atoms with E-state index in [2.05, 4.69) is 0 Å². The number of aliphatic hydroxyl groups is 1. The van der Waals surface area contributed by atoms with E-state index in [4.69, 9.17) is 9.94 Å². The van der Waals surface area contributed by atoms with Crippen LogP contribution < -0.4 is 5.48 Å². The summed E-state index contributed by atoms with van der Waals surface area (Å²) in [6, 6.07) is -0.658. The maximum absolute atomic E-state index is 10.5. The monoisotopic (exact) mass is 173 g/mol. The molecule has 1 aliphatic carbocycles. The largest absolute Gasteiger partial charge is 0.456 e. The lowest BCUT2D eigenvalue weighted by Gasteiger charge is -2.19. The molecule has 0 aromatic carbocycles. The van der Waals surface area contributed by atoms with E-state index in [-0.39, 0.29) is 0 Å². The van der Waals surface area contributed by atoms with Gasteiger partial charge in [-0.3, -0.25) is 4.79 Å². The van der Waals surface area contributed by atoms with Crippen LogP contribution in [0.15, 0.2) is 12.2 Å². The normalized spacial score (nSPS) is 33.8. The van der Waals surface area contributed by atoms with Gasteiger partial charge in [-0.2, -0.15) is 5.48 Å². The number of hydroxylamine groups is 1. The Bertz CT molecular complexity index is 204. The molecule has 0 saturated heterocycles. The molecule has 0 aliphatic heterocycles. The van der Waals surface area contributed by atoms with Crippen LogP contribution in [0.3, 0.4) is 0 Å². The molecule has 3 atom stereocenters. The Hall–Kier alpha value is -0.910. The minimum Gasteiger partial charge on any atom is -0.456 e. The summed E-state index contributed by atoms with van der Waals surface area (Å²) in [6.45, 7) is 1.27. The highest BCUT2D eigenvalue weighted by Gasteiger charge is 2.32. The van der Waals surface area contributed by atoms with Crippen molar-refractivity contribution in [2.24, 2.45) is 0 Å². The highest BCUT2D eigenvalue weighted by molar-refractivity contribution is 5.66. The lowest BCUT2D eigenvalue weighted by Crippen LogP contribution is -2.43. The predicted molar refractivity (Wildman–Crippen MR) is 39.4 cm³/mol. The van der Waals surface area contributed by atoms with Crippen LogP contribution in [0.25, 0.3) is 0 Å². The average Bonchev–Trinajstić information content (AvgIpc) is 2.30. The van der Waals surface area contributed by atoms with Crippen molar-refractivity contribution in [2.75, 3.05) is 0 Å². The van der Waals surface area contributed by atoms with Crippen LogP contribution in [0.4, 0.5) is 0 Å². The van der Waals surface area contributed by atoms with E-state index >= 15 is 0 Å². The van der Waals surface area contributed by atoms with E-state index in [0.717, 1.165) is 0 Å². The van der Waals surface area contributed by atoms with Crippen molar-refractivity contribution in [3.63, 3.8) is 0 Å². The molecule has 0 aromatic rings. The molecule has 12 heavy (non-hydrogen) atoms. The maximum Gasteiger partial charge on any atom is 0.303 e. The molecule has 0 spiro atoms. The number of carbonyl (C=O) groups is 1. The zero-order valence-corrected chi connectivity index (χ0v) is 6.60. The van der Waals surface area contributed by atoms with Crippen LogP contribution in [0.2, 0.25) is 0 Å². The van der Waals surface area contributed by atoms with Gasteiger partial charge in [0.2, 0.25) is 0 Å². The highest BCUT2D eigenvalue weighted by atomic mass is 16.6.